The van der Waals surface area contributed by atoms with Crippen LogP contribution in [0.5, 0.6) is 5.75 Å². The molecule has 1 aromatic rings. The van der Waals surface area contributed by atoms with Gasteiger partial charge in [0.15, 0.2) is 0 Å². The number of hydrogen-bond donors (Lipinski definition) is 0. The molecule has 0 unspecified atom stereocenters. The van der Waals surface area contributed by atoms with E-state index in [1.807, 2.05) is 0 Å². The number of benzene rings is 1. The second-order valence-corrected chi connectivity index (χ2v) is 5.28. The van der Waals surface area contributed by atoms with Gasteiger partial charge in [-0.05, 0) is 18.2 Å². The number of hydrogen-bond acceptors (Lipinski definition) is 4. The first kappa shape index (κ1) is 13.4. The van der Waals surface area contributed by atoms with Crippen LogP contribution in [0.15, 0.2) is 18.2 Å². The van der Waals surface area contributed by atoms with Gasteiger partial charge in [-0.1, -0.05) is 23.2 Å². The molecule has 15 heavy (non-hydrogen) atoms. The molecule has 84 valence electrons. The molecule has 9 heteroatoms. The fraction of sp³-hybridized carbons (Fsp3) is 0. The van der Waals surface area contributed by atoms with E-state index in [9.17, 15) is 4.57 Å². The van der Waals surface area contributed by atoms with Gasteiger partial charge in [0.25, 0.3) is 0 Å². The fourth-order valence-electron chi connectivity index (χ4n) is 0.709. The van der Waals surface area contributed by atoms with Crippen molar-refractivity contribution in [2.24, 2.45) is 0 Å². The van der Waals surface area contributed by atoms with Gasteiger partial charge < -0.3 is 4.52 Å². The Labute approximate surface area is 106 Å². The molecular formula is C6H3Cl4O4P. The van der Waals surface area contributed by atoms with Crippen molar-refractivity contribution in [3.8, 4) is 5.75 Å². The maximum atomic E-state index is 11.3. The summed E-state index contributed by atoms with van der Waals surface area (Å²) in [6, 6.07) is 4.21. The smallest absolute Gasteiger partial charge is 0.401 e. The zero-order valence-corrected chi connectivity index (χ0v) is 10.7. The van der Waals surface area contributed by atoms with Crippen molar-refractivity contribution < 1.29 is 17.2 Å². The molecule has 0 aliphatic rings. The van der Waals surface area contributed by atoms with E-state index in [2.05, 4.69) is 8.15 Å². The molecule has 0 radical (unpaired) electrons. The Morgan fingerprint density at radius 2 is 1.73 bits per heavy atom. The van der Waals surface area contributed by atoms with Crippen molar-refractivity contribution in [1.82, 2.24) is 0 Å². The van der Waals surface area contributed by atoms with E-state index < -0.39 is 7.82 Å². The summed E-state index contributed by atoms with van der Waals surface area (Å²) in [6.45, 7) is 0. The van der Waals surface area contributed by atoms with Crippen molar-refractivity contribution in [2.75, 3.05) is 0 Å². The third kappa shape index (κ3) is 3.68. The summed E-state index contributed by atoms with van der Waals surface area (Å²) < 4.78 is 23.9. The monoisotopic (exact) mass is 310 g/mol. The molecule has 0 amide bonds. The van der Waals surface area contributed by atoms with Gasteiger partial charge in [-0.3, -0.25) is 0 Å². The lowest BCUT2D eigenvalue weighted by Gasteiger charge is -2.11. The molecule has 0 spiro atoms. The van der Waals surface area contributed by atoms with Crippen LogP contribution < -0.4 is 4.52 Å². The Hall–Kier alpha value is 0.330. The topological polar surface area (TPSA) is 44.8 Å². The van der Waals surface area contributed by atoms with E-state index in [0.29, 0.717) is 5.02 Å². The van der Waals surface area contributed by atoms with Gasteiger partial charge in [0.2, 0.25) is 0 Å². The zero-order chi connectivity index (χ0) is 11.5. The molecular weight excluding hydrogens is 309 g/mol. The quantitative estimate of drug-likeness (QED) is 0.748. The van der Waals surface area contributed by atoms with Crippen LogP contribution >= 0.6 is 54.8 Å². The second-order valence-electron chi connectivity index (χ2n) is 2.25. The van der Waals surface area contributed by atoms with Crippen LogP contribution in [0.1, 0.15) is 0 Å². The molecule has 0 bridgehead atoms. The minimum Gasteiger partial charge on any atom is -0.401 e. The molecule has 0 atom stereocenters. The molecule has 0 saturated carbocycles. The van der Waals surface area contributed by atoms with E-state index in [1.165, 1.54) is 18.2 Å². The van der Waals surface area contributed by atoms with Crippen molar-refractivity contribution in [1.29, 1.82) is 0 Å². The van der Waals surface area contributed by atoms with Crippen LogP contribution in [0.3, 0.4) is 0 Å². The minimum atomic E-state index is -4.04. The largest absolute Gasteiger partial charge is 0.563 e. The predicted molar refractivity (Wildman–Crippen MR) is 58.6 cm³/mol. The Bertz CT molecular complexity index is 391. The highest BCUT2D eigenvalue weighted by atomic mass is 35.5. The summed E-state index contributed by atoms with van der Waals surface area (Å²) >= 11 is 21.1. The lowest BCUT2D eigenvalue weighted by Crippen LogP contribution is -1.93. The van der Waals surface area contributed by atoms with E-state index in [1.54, 1.807) is 0 Å². The second kappa shape index (κ2) is 5.60. The van der Waals surface area contributed by atoms with Crippen molar-refractivity contribution in [3.63, 3.8) is 0 Å². The summed E-state index contributed by atoms with van der Waals surface area (Å²) in [6.07, 6.45) is 0. The molecule has 0 saturated heterocycles. The zero-order valence-electron chi connectivity index (χ0n) is 6.82. The summed E-state index contributed by atoms with van der Waals surface area (Å²) in [5.74, 6) is 0.0192. The molecule has 1 aromatic carbocycles. The molecule has 0 aliphatic carbocycles. The summed E-state index contributed by atoms with van der Waals surface area (Å²) in [5.41, 5.74) is 0. The highest BCUT2D eigenvalue weighted by Gasteiger charge is 2.29. The Kier molecular flexibility index (Phi) is 5.00. The van der Waals surface area contributed by atoms with Crippen LogP contribution in [0, 0.1) is 0 Å². The van der Waals surface area contributed by atoms with Crippen molar-refractivity contribution in [2.45, 2.75) is 0 Å². The molecule has 0 aromatic heterocycles. The van der Waals surface area contributed by atoms with E-state index in [0.717, 1.165) is 0 Å². The maximum absolute atomic E-state index is 11.3. The fourth-order valence-corrected chi connectivity index (χ4v) is 2.11. The highest BCUT2D eigenvalue weighted by Crippen LogP contribution is 2.53. The van der Waals surface area contributed by atoms with Crippen molar-refractivity contribution >= 4 is 54.8 Å². The molecule has 4 nitrogen and oxygen atoms in total. The lowest BCUT2D eigenvalue weighted by atomic mass is 10.3. The van der Waals surface area contributed by atoms with Gasteiger partial charge in [0.1, 0.15) is 5.75 Å². The number of rotatable bonds is 4. The normalized spacial score (nSPS) is 11.5. The Morgan fingerprint density at radius 1 is 1.13 bits per heavy atom. The van der Waals surface area contributed by atoms with E-state index in [-0.39, 0.29) is 10.8 Å². The average Bonchev–Trinajstić information content (AvgIpc) is 2.22. The predicted octanol–water partition coefficient (Wildman–Crippen LogP) is 4.82. The van der Waals surface area contributed by atoms with Gasteiger partial charge in [-0.15, -0.1) is 0 Å². The molecule has 0 fully saturated rings. The molecule has 0 heterocycles. The number of phosphoric acid groups is 1. The van der Waals surface area contributed by atoms with Crippen molar-refractivity contribution in [3.05, 3.63) is 28.2 Å². The van der Waals surface area contributed by atoms with Gasteiger partial charge in [0, 0.05) is 5.02 Å². The van der Waals surface area contributed by atoms with Crippen LogP contribution in [-0.4, -0.2) is 0 Å². The van der Waals surface area contributed by atoms with Gasteiger partial charge in [-0.25, -0.2) is 4.57 Å². The van der Waals surface area contributed by atoms with Gasteiger partial charge in [0.05, 0.1) is 28.8 Å². The lowest BCUT2D eigenvalue weighted by molar-refractivity contribution is 0.318. The summed E-state index contributed by atoms with van der Waals surface area (Å²) in [7, 11) is -4.04. The third-order valence-corrected chi connectivity index (χ3v) is 3.58. The van der Waals surface area contributed by atoms with Gasteiger partial charge >= 0.3 is 7.82 Å². The van der Waals surface area contributed by atoms with Crippen LogP contribution in [0.25, 0.3) is 0 Å². The van der Waals surface area contributed by atoms with Crippen LogP contribution in [-0.2, 0) is 12.7 Å². The van der Waals surface area contributed by atoms with Gasteiger partial charge in [-0.2, -0.15) is 8.15 Å². The number of halogens is 4. The molecule has 0 aliphatic heterocycles. The summed E-state index contributed by atoms with van der Waals surface area (Å²) in [5, 5.41) is 0.505. The molecule has 0 N–H and O–H groups in total. The summed E-state index contributed by atoms with van der Waals surface area (Å²) in [4.78, 5) is 0. The minimum absolute atomic E-state index is 0.0192. The van der Waals surface area contributed by atoms with Crippen LogP contribution in [0.4, 0.5) is 0 Å². The standard InChI is InChI=1S/C6H3Cl4O4P/c7-4-1-2-6(5(8)3-4)12-15(11,13-9)14-10/h1-3H. The Morgan fingerprint density at radius 3 is 2.20 bits per heavy atom. The SMILES string of the molecule is O=P(OCl)(OCl)Oc1ccc(Cl)cc1Cl. The molecule has 1 rings (SSSR count). The van der Waals surface area contributed by atoms with Crippen LogP contribution in [0.2, 0.25) is 10.0 Å². The first-order chi connectivity index (χ1) is 7.00. The Balaban J connectivity index is 2.94. The van der Waals surface area contributed by atoms with E-state index in [4.69, 9.17) is 51.5 Å². The first-order valence-corrected chi connectivity index (χ1v) is 6.19. The average molecular weight is 312 g/mol. The maximum Gasteiger partial charge on any atom is 0.563 e. The van der Waals surface area contributed by atoms with E-state index >= 15 is 0 Å². The first-order valence-electron chi connectivity index (χ1n) is 3.36. The third-order valence-electron chi connectivity index (χ3n) is 1.27. The highest BCUT2D eigenvalue weighted by molar-refractivity contribution is 7.50.